The number of nitrogens with one attached hydrogen (secondary N) is 1. The van der Waals surface area contributed by atoms with Gasteiger partial charge >= 0.3 is 5.97 Å². The van der Waals surface area contributed by atoms with Gasteiger partial charge in [-0.1, -0.05) is 37.3 Å². The highest BCUT2D eigenvalue weighted by molar-refractivity contribution is 5.95. The van der Waals surface area contributed by atoms with Crippen molar-refractivity contribution in [3.05, 3.63) is 60.2 Å². The van der Waals surface area contributed by atoms with E-state index in [-0.39, 0.29) is 17.8 Å². The van der Waals surface area contributed by atoms with E-state index >= 15 is 0 Å². The maximum atomic E-state index is 12.5. The van der Waals surface area contributed by atoms with Gasteiger partial charge in [-0.2, -0.15) is 0 Å². The topological polar surface area (TPSA) is 67.9 Å². The first kappa shape index (κ1) is 20.9. The van der Waals surface area contributed by atoms with E-state index in [2.05, 4.69) is 10.2 Å². The van der Waals surface area contributed by atoms with Crippen LogP contribution >= 0.6 is 0 Å². The van der Waals surface area contributed by atoms with Crippen LogP contribution in [0.15, 0.2) is 54.6 Å². The molecule has 1 aliphatic heterocycles. The first-order chi connectivity index (χ1) is 14.1. The average molecular weight is 396 g/mol. The Hall–Kier alpha value is -2.86. The second-order valence-electron chi connectivity index (χ2n) is 7.09. The number of esters is 1. The number of benzene rings is 2. The van der Waals surface area contributed by atoms with E-state index in [1.165, 1.54) is 0 Å². The van der Waals surface area contributed by atoms with Gasteiger partial charge in [0, 0.05) is 24.5 Å². The summed E-state index contributed by atoms with van der Waals surface area (Å²) in [5.41, 5.74) is 2.66. The Morgan fingerprint density at radius 1 is 1.07 bits per heavy atom. The Morgan fingerprint density at radius 2 is 1.72 bits per heavy atom. The third-order valence-electron chi connectivity index (χ3n) is 5.07. The smallest absolute Gasteiger partial charge is 0.314 e. The Balaban J connectivity index is 1.55. The molecule has 6 heteroatoms. The molecule has 1 amide bonds. The predicted molar refractivity (Wildman–Crippen MR) is 113 cm³/mol. The summed E-state index contributed by atoms with van der Waals surface area (Å²) in [5.74, 6) is -1.11. The molecule has 1 saturated heterocycles. The van der Waals surface area contributed by atoms with Gasteiger partial charge in [0.2, 0.25) is 0 Å². The largest absolute Gasteiger partial charge is 0.452 e. The van der Waals surface area contributed by atoms with Crippen molar-refractivity contribution in [2.75, 3.05) is 36.5 Å². The third-order valence-corrected chi connectivity index (χ3v) is 5.07. The molecule has 29 heavy (non-hydrogen) atoms. The predicted octanol–water partition coefficient (Wildman–Crippen LogP) is 3.59. The molecule has 2 aromatic carbocycles. The minimum atomic E-state index is -0.876. The first-order valence-corrected chi connectivity index (χ1v) is 10.1. The second-order valence-corrected chi connectivity index (χ2v) is 7.09. The molecule has 1 fully saturated rings. The lowest BCUT2D eigenvalue weighted by molar-refractivity contribution is -0.154. The van der Waals surface area contributed by atoms with Crippen LogP contribution in [0.25, 0.3) is 0 Å². The zero-order valence-corrected chi connectivity index (χ0v) is 17.0. The van der Waals surface area contributed by atoms with Gasteiger partial charge in [0.25, 0.3) is 5.91 Å². The van der Waals surface area contributed by atoms with Crippen molar-refractivity contribution >= 4 is 23.3 Å². The van der Waals surface area contributed by atoms with Crippen LogP contribution < -0.4 is 10.2 Å². The summed E-state index contributed by atoms with van der Waals surface area (Å²) < 4.78 is 10.8. The monoisotopic (exact) mass is 396 g/mol. The van der Waals surface area contributed by atoms with Crippen molar-refractivity contribution in [2.45, 2.75) is 32.3 Å². The van der Waals surface area contributed by atoms with Crippen molar-refractivity contribution in [2.24, 2.45) is 0 Å². The van der Waals surface area contributed by atoms with Gasteiger partial charge in [0.1, 0.15) is 0 Å². The Bertz CT molecular complexity index is 801. The van der Waals surface area contributed by atoms with E-state index < -0.39 is 6.10 Å². The second kappa shape index (κ2) is 10.1. The highest BCUT2D eigenvalue weighted by Crippen LogP contribution is 2.22. The Kier molecular flexibility index (Phi) is 7.25. The van der Waals surface area contributed by atoms with E-state index in [9.17, 15) is 9.59 Å². The quantitative estimate of drug-likeness (QED) is 0.725. The van der Waals surface area contributed by atoms with Gasteiger partial charge in [0.15, 0.2) is 6.10 Å². The molecular formula is C23H28N2O4. The molecule has 0 saturated carbocycles. The lowest BCUT2D eigenvalue weighted by Gasteiger charge is -2.29. The van der Waals surface area contributed by atoms with Gasteiger partial charge in [-0.05, 0) is 43.2 Å². The van der Waals surface area contributed by atoms with Crippen molar-refractivity contribution in [1.29, 1.82) is 0 Å². The summed E-state index contributed by atoms with van der Waals surface area (Å²) in [6.45, 7) is 6.69. The maximum Gasteiger partial charge on any atom is 0.314 e. The minimum Gasteiger partial charge on any atom is -0.452 e. The van der Waals surface area contributed by atoms with E-state index in [1.807, 2.05) is 61.5 Å². The molecule has 0 aliphatic carbocycles. The number of carbonyl (C=O) groups excluding carboxylic acids is 2. The molecule has 0 spiro atoms. The molecule has 1 N–H and O–H groups in total. The highest BCUT2D eigenvalue weighted by atomic mass is 16.5. The number of hydrogen-bond donors (Lipinski definition) is 1. The molecule has 1 aliphatic rings. The van der Waals surface area contributed by atoms with Crippen LogP contribution in [0.5, 0.6) is 0 Å². The third kappa shape index (κ3) is 5.57. The SMILES string of the molecule is CC[C@H](C(=O)O[C@H](C)C(=O)Nc1ccc(N2CCOCC2)cc1)c1ccccc1. The van der Waals surface area contributed by atoms with E-state index in [0.29, 0.717) is 12.1 Å². The summed E-state index contributed by atoms with van der Waals surface area (Å²) in [7, 11) is 0. The number of anilines is 2. The fourth-order valence-electron chi connectivity index (χ4n) is 3.35. The molecule has 1 heterocycles. The molecule has 154 valence electrons. The van der Waals surface area contributed by atoms with Crippen molar-refractivity contribution < 1.29 is 19.1 Å². The zero-order chi connectivity index (χ0) is 20.6. The summed E-state index contributed by atoms with van der Waals surface area (Å²) in [4.78, 5) is 27.3. The van der Waals surface area contributed by atoms with Gasteiger partial charge in [-0.3, -0.25) is 9.59 Å². The van der Waals surface area contributed by atoms with E-state index in [1.54, 1.807) is 6.92 Å². The molecule has 2 atom stereocenters. The van der Waals surface area contributed by atoms with Crippen molar-refractivity contribution in [1.82, 2.24) is 0 Å². The van der Waals surface area contributed by atoms with E-state index in [4.69, 9.17) is 9.47 Å². The van der Waals surface area contributed by atoms with Crippen LogP contribution in [0.2, 0.25) is 0 Å². The lowest BCUT2D eigenvalue weighted by Crippen LogP contribution is -2.36. The fourth-order valence-corrected chi connectivity index (χ4v) is 3.35. The molecule has 0 aromatic heterocycles. The van der Waals surface area contributed by atoms with Gasteiger partial charge in [-0.15, -0.1) is 0 Å². The number of rotatable bonds is 7. The maximum absolute atomic E-state index is 12.5. The molecule has 6 nitrogen and oxygen atoms in total. The highest BCUT2D eigenvalue weighted by Gasteiger charge is 2.25. The van der Waals surface area contributed by atoms with Gasteiger partial charge < -0.3 is 19.7 Å². The van der Waals surface area contributed by atoms with Crippen LogP contribution in [-0.2, 0) is 19.1 Å². The summed E-state index contributed by atoms with van der Waals surface area (Å²) in [6.07, 6.45) is -0.264. The average Bonchev–Trinajstić information content (AvgIpc) is 2.76. The van der Waals surface area contributed by atoms with Crippen LogP contribution in [0, 0.1) is 0 Å². The van der Waals surface area contributed by atoms with Crippen molar-refractivity contribution in [3.8, 4) is 0 Å². The normalized spacial score (nSPS) is 16.0. The van der Waals surface area contributed by atoms with Crippen LogP contribution in [-0.4, -0.2) is 44.3 Å². The minimum absolute atomic E-state index is 0.347. The van der Waals surface area contributed by atoms with Gasteiger partial charge in [0.05, 0.1) is 19.1 Å². The fraction of sp³-hybridized carbons (Fsp3) is 0.391. The van der Waals surface area contributed by atoms with Crippen LogP contribution in [0.1, 0.15) is 31.7 Å². The first-order valence-electron chi connectivity index (χ1n) is 10.1. The molecule has 0 bridgehead atoms. The zero-order valence-electron chi connectivity index (χ0n) is 17.0. The number of amides is 1. The molecule has 2 aromatic rings. The molecule has 3 rings (SSSR count). The van der Waals surface area contributed by atoms with Gasteiger partial charge in [-0.25, -0.2) is 0 Å². The lowest BCUT2D eigenvalue weighted by atomic mass is 9.97. The summed E-state index contributed by atoms with van der Waals surface area (Å²) in [5, 5.41) is 2.81. The summed E-state index contributed by atoms with van der Waals surface area (Å²) >= 11 is 0. The number of morpholine rings is 1. The Morgan fingerprint density at radius 3 is 2.34 bits per heavy atom. The number of ether oxygens (including phenoxy) is 2. The summed E-state index contributed by atoms with van der Waals surface area (Å²) in [6, 6.07) is 17.1. The number of carbonyl (C=O) groups is 2. The molecule has 0 unspecified atom stereocenters. The number of nitrogens with zero attached hydrogens (tertiary/aromatic N) is 1. The molecule has 0 radical (unpaired) electrons. The van der Waals surface area contributed by atoms with Crippen LogP contribution in [0.3, 0.4) is 0 Å². The standard InChI is InChI=1S/C23H28N2O4/c1-3-21(18-7-5-4-6-8-18)23(27)29-17(2)22(26)24-19-9-11-20(12-10-19)25-13-15-28-16-14-25/h4-12,17,21H,3,13-16H2,1-2H3,(H,24,26)/t17-,21+/m1/s1. The number of hydrogen-bond acceptors (Lipinski definition) is 5. The van der Waals surface area contributed by atoms with E-state index in [0.717, 1.165) is 37.6 Å². The molecular weight excluding hydrogens is 368 g/mol. The Labute approximate surface area is 171 Å². The van der Waals surface area contributed by atoms with Crippen LogP contribution in [0.4, 0.5) is 11.4 Å². The van der Waals surface area contributed by atoms with Crippen molar-refractivity contribution in [3.63, 3.8) is 0 Å².